The highest BCUT2D eigenvalue weighted by molar-refractivity contribution is 7.80. The number of nitrogens with one attached hydrogen (secondary N) is 2. The van der Waals surface area contributed by atoms with Crippen LogP contribution in [0, 0.1) is 11.2 Å². The molecule has 0 heterocycles. The lowest BCUT2D eigenvalue weighted by Crippen LogP contribution is -2.38. The highest BCUT2D eigenvalue weighted by atomic mass is 32.1. The van der Waals surface area contributed by atoms with Gasteiger partial charge in [-0.2, -0.15) is 25.3 Å². The van der Waals surface area contributed by atoms with Crippen LogP contribution in [-0.4, -0.2) is 66.1 Å². The third-order valence-corrected chi connectivity index (χ3v) is 8.21. The maximum Gasteiger partial charge on any atom is 0.251 e. The van der Waals surface area contributed by atoms with E-state index < -0.39 is 0 Å². The summed E-state index contributed by atoms with van der Waals surface area (Å²) in [6.45, 7) is 9.47. The second-order valence-electron chi connectivity index (χ2n) is 12.2. The third-order valence-electron chi connectivity index (χ3n) is 7.79. The highest BCUT2D eigenvalue weighted by Gasteiger charge is 2.20. The lowest BCUT2D eigenvalue weighted by Gasteiger charge is -2.25. The number of phenolic OH excluding ortho intramolecular Hbond substituents is 1. The van der Waals surface area contributed by atoms with Crippen LogP contribution in [0.3, 0.4) is 0 Å². The Morgan fingerprint density at radius 1 is 0.978 bits per heavy atom. The maximum absolute atomic E-state index is 13.3. The molecule has 0 spiro atoms. The number of amides is 2. The molecule has 10 heteroatoms. The third kappa shape index (κ3) is 12.2. The van der Waals surface area contributed by atoms with Crippen molar-refractivity contribution in [2.45, 2.75) is 53.0 Å². The lowest BCUT2D eigenvalue weighted by atomic mass is 9.87. The van der Waals surface area contributed by atoms with Gasteiger partial charge in [-0.05, 0) is 78.1 Å². The number of rotatable bonds is 19. The van der Waals surface area contributed by atoms with Gasteiger partial charge in [0.15, 0.2) is 0 Å². The van der Waals surface area contributed by atoms with Gasteiger partial charge < -0.3 is 20.5 Å². The van der Waals surface area contributed by atoms with Gasteiger partial charge in [0, 0.05) is 54.9 Å². The van der Waals surface area contributed by atoms with Gasteiger partial charge >= 0.3 is 0 Å². The van der Waals surface area contributed by atoms with Crippen LogP contribution >= 0.6 is 25.3 Å². The smallest absolute Gasteiger partial charge is 0.251 e. The monoisotopic (exact) mass is 669 g/mol. The number of thiol groups is 2. The average molecular weight is 670 g/mol. The molecule has 0 aliphatic rings. The molecule has 0 bridgehead atoms. The molecule has 3 N–H and O–H groups in total. The van der Waals surface area contributed by atoms with Crippen molar-refractivity contribution in [3.8, 4) is 22.6 Å². The summed E-state index contributed by atoms with van der Waals surface area (Å²) in [4.78, 5) is 27.0. The van der Waals surface area contributed by atoms with Gasteiger partial charge in [-0.15, -0.1) is 0 Å². The molecular weight excluding hydrogens is 622 g/mol. The number of ether oxygens (including phenoxy) is 1. The van der Waals surface area contributed by atoms with Crippen LogP contribution in [0.25, 0.3) is 11.1 Å². The second kappa shape index (κ2) is 18.8. The molecule has 0 saturated carbocycles. The van der Waals surface area contributed by atoms with Crippen molar-refractivity contribution < 1.29 is 23.8 Å². The van der Waals surface area contributed by atoms with Crippen molar-refractivity contribution in [3.63, 3.8) is 0 Å². The van der Waals surface area contributed by atoms with Crippen molar-refractivity contribution in [3.05, 3.63) is 83.2 Å². The van der Waals surface area contributed by atoms with Crippen molar-refractivity contribution in [1.29, 1.82) is 0 Å². The summed E-state index contributed by atoms with van der Waals surface area (Å²) < 4.78 is 19.4. The van der Waals surface area contributed by atoms with Crippen molar-refractivity contribution in [1.82, 2.24) is 15.5 Å². The zero-order valence-corrected chi connectivity index (χ0v) is 28.9. The van der Waals surface area contributed by atoms with Gasteiger partial charge in [-0.1, -0.05) is 45.0 Å². The van der Waals surface area contributed by atoms with E-state index >= 15 is 0 Å². The van der Waals surface area contributed by atoms with E-state index in [1.54, 1.807) is 18.2 Å². The molecule has 2 amide bonds. The van der Waals surface area contributed by atoms with E-state index in [2.05, 4.69) is 49.7 Å². The van der Waals surface area contributed by atoms with Crippen LogP contribution in [0.1, 0.15) is 61.5 Å². The SMILES string of the molecule is CCc1cc(-c2ccc(F)cc2)c(O)cc1OCCCCC(C)(C)CNC(=O)c1ccc(CN(CCS)CC(=O)NCCS)cc1. The number of carbonyl (C=O) groups excluding carboxylic acids is 2. The van der Waals surface area contributed by atoms with Crippen molar-refractivity contribution >= 4 is 37.1 Å². The Hall–Kier alpha value is -3.21. The summed E-state index contributed by atoms with van der Waals surface area (Å²) in [5, 5.41) is 16.5. The molecule has 0 atom stereocenters. The van der Waals surface area contributed by atoms with Crippen LogP contribution in [0.15, 0.2) is 60.7 Å². The van der Waals surface area contributed by atoms with E-state index in [1.165, 1.54) is 12.1 Å². The van der Waals surface area contributed by atoms with Crippen LogP contribution in [0.5, 0.6) is 11.5 Å². The summed E-state index contributed by atoms with van der Waals surface area (Å²) in [5.41, 5.74) is 3.91. The molecule has 3 aromatic rings. The van der Waals surface area contributed by atoms with Gasteiger partial charge in [0.2, 0.25) is 5.91 Å². The van der Waals surface area contributed by atoms with Gasteiger partial charge in [0.1, 0.15) is 17.3 Å². The molecule has 46 heavy (non-hydrogen) atoms. The first kappa shape index (κ1) is 37.2. The number of benzene rings is 3. The molecule has 3 aromatic carbocycles. The predicted octanol–water partition coefficient (Wildman–Crippen LogP) is 6.54. The van der Waals surface area contributed by atoms with E-state index in [-0.39, 0.29) is 35.3 Å². The summed E-state index contributed by atoms with van der Waals surface area (Å²) in [6.07, 6.45) is 3.41. The Balaban J connectivity index is 1.43. The number of halogens is 1. The predicted molar refractivity (Wildman–Crippen MR) is 191 cm³/mol. The first-order valence-corrected chi connectivity index (χ1v) is 17.1. The minimum Gasteiger partial charge on any atom is -0.507 e. The van der Waals surface area contributed by atoms with E-state index in [9.17, 15) is 19.1 Å². The fourth-order valence-electron chi connectivity index (χ4n) is 5.11. The summed E-state index contributed by atoms with van der Waals surface area (Å²) >= 11 is 8.45. The maximum atomic E-state index is 13.3. The highest BCUT2D eigenvalue weighted by Crippen LogP contribution is 2.36. The van der Waals surface area contributed by atoms with Crippen LogP contribution < -0.4 is 15.4 Å². The fourth-order valence-corrected chi connectivity index (χ4v) is 5.51. The molecule has 3 rings (SSSR count). The summed E-state index contributed by atoms with van der Waals surface area (Å²) in [5.74, 6) is 1.53. The zero-order valence-electron chi connectivity index (χ0n) is 27.2. The Bertz CT molecular complexity index is 1400. The molecule has 0 saturated heterocycles. The normalized spacial score (nSPS) is 11.5. The number of hydrogen-bond donors (Lipinski definition) is 5. The van der Waals surface area contributed by atoms with Gasteiger partial charge in [-0.3, -0.25) is 14.5 Å². The van der Waals surface area contributed by atoms with E-state index in [0.717, 1.165) is 42.4 Å². The van der Waals surface area contributed by atoms with Crippen LogP contribution in [0.4, 0.5) is 4.39 Å². The first-order chi connectivity index (χ1) is 22.0. The average Bonchev–Trinajstić information content (AvgIpc) is 3.03. The Morgan fingerprint density at radius 2 is 1.70 bits per heavy atom. The molecule has 0 aliphatic carbocycles. The molecular formula is C36H48FN3O4S2. The van der Waals surface area contributed by atoms with E-state index in [0.29, 0.717) is 61.2 Å². The topological polar surface area (TPSA) is 90.9 Å². The van der Waals surface area contributed by atoms with E-state index in [1.807, 2.05) is 42.2 Å². The first-order valence-electron chi connectivity index (χ1n) is 15.9. The van der Waals surface area contributed by atoms with Crippen LogP contribution in [0.2, 0.25) is 0 Å². The fraction of sp³-hybridized carbons (Fsp3) is 0.444. The number of nitrogens with zero attached hydrogens (tertiary/aromatic N) is 1. The van der Waals surface area contributed by atoms with E-state index in [4.69, 9.17) is 4.74 Å². The minimum absolute atomic E-state index is 0.0397. The number of aromatic hydroxyl groups is 1. The van der Waals surface area contributed by atoms with Gasteiger partial charge in [0.05, 0.1) is 13.2 Å². The molecule has 0 unspecified atom stereocenters. The molecule has 0 aliphatic heterocycles. The van der Waals surface area contributed by atoms with Gasteiger partial charge in [-0.25, -0.2) is 4.39 Å². The van der Waals surface area contributed by atoms with Crippen LogP contribution in [-0.2, 0) is 17.8 Å². The Morgan fingerprint density at radius 3 is 2.35 bits per heavy atom. The standard InChI is InChI=1S/C36H48FN3O4S2/c1-4-27-21-31(28-11-13-30(37)14-12-28)32(41)22-33(27)44-18-6-5-15-36(2,3)25-39-35(43)29-9-7-26(8-10-29)23-40(17-20-46)24-34(42)38-16-19-45/h7-14,21-22,41,45-46H,4-6,15-20,23-25H2,1-3H3,(H,38,42)(H,39,43). The van der Waals surface area contributed by atoms with Crippen molar-refractivity contribution in [2.75, 3.05) is 44.3 Å². The number of unbranched alkanes of at least 4 members (excludes halogenated alkanes) is 1. The molecule has 0 fully saturated rings. The second-order valence-corrected chi connectivity index (χ2v) is 13.1. The number of aryl methyl sites for hydroxylation is 1. The summed E-state index contributed by atoms with van der Waals surface area (Å²) in [6, 6.07) is 17.1. The number of hydrogen-bond acceptors (Lipinski definition) is 7. The number of phenols is 1. The molecule has 250 valence electrons. The number of carbonyl (C=O) groups is 2. The quantitative estimate of drug-likeness (QED) is 0.0739. The Kier molecular flexibility index (Phi) is 15.2. The largest absolute Gasteiger partial charge is 0.507 e. The van der Waals surface area contributed by atoms with Gasteiger partial charge in [0.25, 0.3) is 5.91 Å². The molecule has 0 aromatic heterocycles. The minimum atomic E-state index is -0.316. The molecule has 0 radical (unpaired) electrons. The van der Waals surface area contributed by atoms with Crippen molar-refractivity contribution in [2.24, 2.45) is 5.41 Å². The zero-order chi connectivity index (χ0) is 33.5. The lowest BCUT2D eigenvalue weighted by molar-refractivity contribution is -0.122. The molecule has 7 nitrogen and oxygen atoms in total. The summed E-state index contributed by atoms with van der Waals surface area (Å²) in [7, 11) is 0. The Labute approximate surface area is 284 Å².